The first kappa shape index (κ1) is 14.2. The van der Waals surface area contributed by atoms with E-state index in [0.717, 1.165) is 32.4 Å². The van der Waals surface area contributed by atoms with E-state index in [4.69, 9.17) is 0 Å². The molecular weight excluding hydrogens is 210 g/mol. The van der Waals surface area contributed by atoms with Gasteiger partial charge in [0.1, 0.15) is 0 Å². The molecule has 0 aliphatic carbocycles. The second kappa shape index (κ2) is 6.20. The first-order valence-electron chi connectivity index (χ1n) is 6.89. The Morgan fingerprint density at radius 3 is 2.35 bits per heavy atom. The molecule has 0 amide bonds. The van der Waals surface area contributed by atoms with Gasteiger partial charge in [0.2, 0.25) is 0 Å². The zero-order chi connectivity index (χ0) is 12.9. The Morgan fingerprint density at radius 1 is 1.24 bits per heavy atom. The second-order valence-corrected chi connectivity index (χ2v) is 4.92. The fraction of sp³-hybridized carbons (Fsp3) is 0.786. The van der Waals surface area contributed by atoms with Crippen LogP contribution in [0.5, 0.6) is 0 Å². The molecular formula is C14H27N3. The Kier molecular flexibility index (Phi) is 5.19. The van der Waals surface area contributed by atoms with Gasteiger partial charge in [-0.3, -0.25) is 4.68 Å². The third kappa shape index (κ3) is 3.56. The highest BCUT2D eigenvalue weighted by Gasteiger charge is 2.19. The molecule has 1 heterocycles. The van der Waals surface area contributed by atoms with Gasteiger partial charge in [0.05, 0.1) is 11.4 Å². The molecule has 0 atom stereocenters. The number of aromatic nitrogens is 2. The number of hydrogen-bond acceptors (Lipinski definition) is 2. The van der Waals surface area contributed by atoms with E-state index < -0.39 is 0 Å². The van der Waals surface area contributed by atoms with Crippen LogP contribution in [0.4, 0.5) is 0 Å². The fourth-order valence-electron chi connectivity index (χ4n) is 1.91. The molecule has 0 fully saturated rings. The van der Waals surface area contributed by atoms with Crippen LogP contribution in [0.15, 0.2) is 6.07 Å². The minimum absolute atomic E-state index is 0.245. The molecule has 1 rings (SSSR count). The average Bonchev–Trinajstić information content (AvgIpc) is 2.78. The fourth-order valence-corrected chi connectivity index (χ4v) is 1.91. The van der Waals surface area contributed by atoms with E-state index in [-0.39, 0.29) is 5.54 Å². The molecule has 1 aromatic heterocycles. The van der Waals surface area contributed by atoms with Gasteiger partial charge in [0.25, 0.3) is 0 Å². The minimum Gasteiger partial charge on any atom is -0.306 e. The van der Waals surface area contributed by atoms with Gasteiger partial charge in [0, 0.05) is 18.6 Å². The number of nitrogens with zero attached hydrogens (tertiary/aromatic N) is 2. The highest BCUT2D eigenvalue weighted by Crippen LogP contribution is 2.15. The maximum absolute atomic E-state index is 4.58. The lowest BCUT2D eigenvalue weighted by Crippen LogP contribution is -2.40. The van der Waals surface area contributed by atoms with Crippen LogP contribution in [0.3, 0.4) is 0 Å². The van der Waals surface area contributed by atoms with Crippen molar-refractivity contribution in [2.45, 2.75) is 72.5 Å². The molecule has 3 heteroatoms. The molecule has 0 aliphatic heterocycles. The third-order valence-corrected chi connectivity index (χ3v) is 3.83. The normalized spacial score (nSPS) is 12.1. The van der Waals surface area contributed by atoms with Crippen molar-refractivity contribution in [3.8, 4) is 0 Å². The summed E-state index contributed by atoms with van der Waals surface area (Å²) in [6.07, 6.45) is 3.33. The zero-order valence-electron chi connectivity index (χ0n) is 12.0. The number of aryl methyl sites for hydroxylation is 2. The van der Waals surface area contributed by atoms with Crippen molar-refractivity contribution >= 4 is 0 Å². The molecule has 0 aliphatic rings. The Labute approximate surface area is 106 Å². The lowest BCUT2D eigenvalue weighted by molar-refractivity contribution is 0.324. The molecule has 1 aromatic rings. The summed E-state index contributed by atoms with van der Waals surface area (Å²) in [6, 6.07) is 2.22. The zero-order valence-corrected chi connectivity index (χ0v) is 12.0. The molecule has 0 unspecified atom stereocenters. The molecule has 0 spiro atoms. The summed E-state index contributed by atoms with van der Waals surface area (Å²) in [6.45, 7) is 12.9. The van der Waals surface area contributed by atoms with Crippen LogP contribution < -0.4 is 5.32 Å². The van der Waals surface area contributed by atoms with Crippen LogP contribution in [0.1, 0.15) is 58.8 Å². The topological polar surface area (TPSA) is 29.9 Å². The Bertz CT molecular complexity index is 337. The van der Waals surface area contributed by atoms with E-state index in [1.165, 1.54) is 11.4 Å². The van der Waals surface area contributed by atoms with Crippen LogP contribution in [0.25, 0.3) is 0 Å². The summed E-state index contributed by atoms with van der Waals surface area (Å²) in [5, 5.41) is 8.24. The SMILES string of the molecule is CCc1cc(CNC(C)(CC)CC)n(CC)n1. The summed E-state index contributed by atoms with van der Waals surface area (Å²) in [4.78, 5) is 0. The average molecular weight is 237 g/mol. The van der Waals surface area contributed by atoms with Gasteiger partial charge in [-0.15, -0.1) is 0 Å². The standard InChI is InChI=1S/C14H27N3/c1-6-12-10-13(17(9-4)16-12)11-15-14(5,7-2)8-3/h10,15H,6-9,11H2,1-5H3. The third-order valence-electron chi connectivity index (χ3n) is 3.83. The van der Waals surface area contributed by atoms with Gasteiger partial charge in [-0.05, 0) is 39.2 Å². The summed E-state index contributed by atoms with van der Waals surface area (Å²) < 4.78 is 2.11. The van der Waals surface area contributed by atoms with Crippen molar-refractivity contribution in [2.75, 3.05) is 0 Å². The Balaban J connectivity index is 2.71. The van der Waals surface area contributed by atoms with Crippen LogP contribution in [-0.2, 0) is 19.5 Å². The van der Waals surface area contributed by atoms with Gasteiger partial charge in [-0.2, -0.15) is 5.10 Å². The van der Waals surface area contributed by atoms with Crippen LogP contribution in [0, 0.1) is 0 Å². The smallest absolute Gasteiger partial charge is 0.0625 e. The molecule has 17 heavy (non-hydrogen) atoms. The van der Waals surface area contributed by atoms with Crippen molar-refractivity contribution in [3.63, 3.8) is 0 Å². The molecule has 0 radical (unpaired) electrons. The highest BCUT2D eigenvalue weighted by molar-refractivity contribution is 5.10. The maximum Gasteiger partial charge on any atom is 0.0625 e. The largest absolute Gasteiger partial charge is 0.306 e. The van der Waals surface area contributed by atoms with Gasteiger partial charge >= 0.3 is 0 Å². The molecule has 0 saturated carbocycles. The second-order valence-electron chi connectivity index (χ2n) is 4.92. The molecule has 0 aromatic carbocycles. The van der Waals surface area contributed by atoms with Crippen molar-refractivity contribution < 1.29 is 0 Å². The monoisotopic (exact) mass is 237 g/mol. The maximum atomic E-state index is 4.58. The molecule has 1 N–H and O–H groups in total. The molecule has 3 nitrogen and oxygen atoms in total. The summed E-state index contributed by atoms with van der Waals surface area (Å²) in [5.41, 5.74) is 2.74. The quantitative estimate of drug-likeness (QED) is 0.789. The van der Waals surface area contributed by atoms with E-state index in [1.54, 1.807) is 0 Å². The highest BCUT2D eigenvalue weighted by atomic mass is 15.3. The van der Waals surface area contributed by atoms with E-state index in [1.807, 2.05) is 0 Å². The van der Waals surface area contributed by atoms with Crippen LogP contribution >= 0.6 is 0 Å². The Morgan fingerprint density at radius 2 is 1.88 bits per heavy atom. The van der Waals surface area contributed by atoms with E-state index in [9.17, 15) is 0 Å². The van der Waals surface area contributed by atoms with Crippen LogP contribution in [-0.4, -0.2) is 15.3 Å². The van der Waals surface area contributed by atoms with Crippen molar-refractivity contribution in [3.05, 3.63) is 17.5 Å². The van der Waals surface area contributed by atoms with Gasteiger partial charge in [0.15, 0.2) is 0 Å². The lowest BCUT2D eigenvalue weighted by Gasteiger charge is -2.28. The van der Waals surface area contributed by atoms with Crippen molar-refractivity contribution in [1.29, 1.82) is 0 Å². The first-order chi connectivity index (χ1) is 8.08. The summed E-state index contributed by atoms with van der Waals surface area (Å²) >= 11 is 0. The van der Waals surface area contributed by atoms with E-state index in [2.05, 4.69) is 55.8 Å². The van der Waals surface area contributed by atoms with Crippen molar-refractivity contribution in [1.82, 2.24) is 15.1 Å². The van der Waals surface area contributed by atoms with E-state index >= 15 is 0 Å². The van der Waals surface area contributed by atoms with Gasteiger partial charge < -0.3 is 5.32 Å². The van der Waals surface area contributed by atoms with Gasteiger partial charge in [-0.1, -0.05) is 20.8 Å². The number of rotatable bonds is 7. The van der Waals surface area contributed by atoms with Crippen LogP contribution in [0.2, 0.25) is 0 Å². The van der Waals surface area contributed by atoms with E-state index in [0.29, 0.717) is 0 Å². The first-order valence-corrected chi connectivity index (χ1v) is 6.89. The van der Waals surface area contributed by atoms with Gasteiger partial charge in [-0.25, -0.2) is 0 Å². The van der Waals surface area contributed by atoms with Crippen molar-refractivity contribution in [2.24, 2.45) is 0 Å². The lowest BCUT2D eigenvalue weighted by atomic mass is 9.95. The number of hydrogen-bond donors (Lipinski definition) is 1. The predicted molar refractivity (Wildman–Crippen MR) is 73.1 cm³/mol. The minimum atomic E-state index is 0.245. The summed E-state index contributed by atoms with van der Waals surface area (Å²) in [5.74, 6) is 0. The number of nitrogens with one attached hydrogen (secondary N) is 1. The summed E-state index contributed by atoms with van der Waals surface area (Å²) in [7, 11) is 0. The molecule has 0 bridgehead atoms. The molecule has 98 valence electrons. The Hall–Kier alpha value is -0.830. The molecule has 0 saturated heterocycles. The predicted octanol–water partition coefficient (Wildman–Crippen LogP) is 3.13.